The molecule has 0 amide bonds. The molecule has 10 aromatic rings. The number of hydrogen-bond acceptors (Lipinski definition) is 27. The zero-order valence-electron chi connectivity index (χ0n) is 67.1. The van der Waals surface area contributed by atoms with E-state index in [0.717, 1.165) is 111 Å². The van der Waals surface area contributed by atoms with E-state index in [2.05, 4.69) is 183 Å². The second-order valence-corrected chi connectivity index (χ2v) is 38.8. The number of aryl methyl sites for hydroxylation is 2. The number of nitrogens with two attached hydrogens (primary N) is 1. The van der Waals surface area contributed by atoms with Gasteiger partial charge in [-0.2, -0.15) is 24.2 Å². The lowest BCUT2D eigenvalue weighted by molar-refractivity contribution is 0.0729. The minimum absolute atomic E-state index is 0.0403. The molecule has 31 heteroatoms. The van der Waals surface area contributed by atoms with Crippen LogP contribution < -0.4 is 16.4 Å². The average Bonchev–Trinajstić information content (AvgIpc) is 1.63. The Hall–Kier alpha value is -8.35. The molecule has 3 aliphatic heterocycles. The van der Waals surface area contributed by atoms with Crippen LogP contribution in [0.25, 0.3) is 28.8 Å². The molecule has 3 aromatic carbocycles. The lowest BCUT2D eigenvalue weighted by atomic mass is 9.96. The summed E-state index contributed by atoms with van der Waals surface area (Å²) in [7, 11) is -5.91. The minimum Gasteiger partial charge on any atom is -0.425 e. The van der Waals surface area contributed by atoms with Crippen LogP contribution in [0.2, 0.25) is 0 Å². The van der Waals surface area contributed by atoms with Crippen LogP contribution in [-0.2, 0) is 71.2 Å². The Kier molecular flexibility index (Phi) is 28.8. The number of piperidine rings is 1. The van der Waals surface area contributed by atoms with Crippen molar-refractivity contribution >= 4 is 22.5 Å². The van der Waals surface area contributed by atoms with Crippen LogP contribution in [-0.4, -0.2) is 178 Å². The van der Waals surface area contributed by atoms with Crippen molar-refractivity contribution in [3.63, 3.8) is 0 Å². The quantitative estimate of drug-likeness (QED) is 0.101. The van der Waals surface area contributed by atoms with Crippen LogP contribution in [0.1, 0.15) is 209 Å². The maximum absolute atomic E-state index is 12.5. The molecule has 3 aliphatic rings. The van der Waals surface area contributed by atoms with Crippen LogP contribution in [0.4, 0.5) is 0 Å². The summed E-state index contributed by atoms with van der Waals surface area (Å²) in [4.78, 5) is 26.3. The normalized spacial score (nSPS) is 15.8. The first-order chi connectivity index (χ1) is 50.5. The first-order valence-electron chi connectivity index (χ1n) is 36.8. The number of hydrogen-bond donors (Lipinski definition) is 2. The summed E-state index contributed by atoms with van der Waals surface area (Å²) in [5.41, 5.74) is 8.24. The van der Waals surface area contributed by atoms with Crippen molar-refractivity contribution in [3.8, 4) is 28.8 Å². The zero-order valence-corrected chi connectivity index (χ0v) is 68.8. The van der Waals surface area contributed by atoms with Crippen molar-refractivity contribution < 1.29 is 44.6 Å². The molecule has 3 N–H and O–H groups in total. The Labute approximate surface area is 636 Å². The van der Waals surface area contributed by atoms with Crippen LogP contribution in [0.15, 0.2) is 129 Å². The van der Waals surface area contributed by atoms with E-state index >= 15 is 0 Å². The number of likely N-dealkylation sites (tertiary alicyclic amines) is 1. The molecule has 0 bridgehead atoms. The predicted octanol–water partition coefficient (Wildman–Crippen LogP) is 12.7. The molecule has 10 heterocycles. The number of piperazine rings is 1. The summed E-state index contributed by atoms with van der Waals surface area (Å²) in [6, 6.07) is 28.2. The molecule has 29 nitrogen and oxygen atoms in total. The van der Waals surface area contributed by atoms with Gasteiger partial charge in [-0.15, -0.1) is 20.4 Å². The first-order valence-corrected chi connectivity index (χ1v) is 40.9. The van der Waals surface area contributed by atoms with Crippen molar-refractivity contribution in [2.24, 2.45) is 5.73 Å². The van der Waals surface area contributed by atoms with E-state index in [9.17, 15) is 13.0 Å². The number of nitrogens with zero attached hydrogens (tertiary/aromatic N) is 17. The Morgan fingerprint density at radius 1 is 0.565 bits per heavy atom. The third-order valence-corrected chi connectivity index (χ3v) is 20.5. The summed E-state index contributed by atoms with van der Waals surface area (Å²) in [6.45, 7) is 50.8. The largest absolute Gasteiger partial charge is 0.425 e. The van der Waals surface area contributed by atoms with Gasteiger partial charge in [-0.3, -0.25) is 14.4 Å². The topological polar surface area (TPSA) is 360 Å². The van der Waals surface area contributed by atoms with E-state index in [4.69, 9.17) is 37.4 Å². The van der Waals surface area contributed by atoms with Gasteiger partial charge in [0, 0.05) is 114 Å². The van der Waals surface area contributed by atoms with Gasteiger partial charge in [-0.1, -0.05) is 207 Å². The Bertz CT molecular complexity index is 4520. The number of sulfonamides is 1. The van der Waals surface area contributed by atoms with Crippen LogP contribution >= 0.6 is 7.14 Å². The molecular formula is C77H114N19O10PS. The number of morpholine rings is 1. The second kappa shape index (κ2) is 36.4. The number of nitrogens with one attached hydrogen (secondary N) is 1. The van der Waals surface area contributed by atoms with E-state index in [0.29, 0.717) is 73.5 Å². The third kappa shape index (κ3) is 25.4. The lowest BCUT2D eigenvalue weighted by Gasteiger charge is -2.30. The molecule has 0 spiro atoms. The molecule has 7 aromatic heterocycles. The highest BCUT2D eigenvalue weighted by atomic mass is 32.2. The van der Waals surface area contributed by atoms with Crippen LogP contribution in [0, 0.1) is 0 Å². The minimum atomic E-state index is -3.64. The van der Waals surface area contributed by atoms with Gasteiger partial charge in [0.25, 0.3) is 21.9 Å². The maximum atomic E-state index is 12.5. The van der Waals surface area contributed by atoms with Crippen molar-refractivity contribution in [1.82, 2.24) is 89.9 Å². The monoisotopic (exact) mass is 1530 g/mol. The first kappa shape index (κ1) is 85.3. The summed E-state index contributed by atoms with van der Waals surface area (Å²) in [5.74, 6) is 7.56. The standard InChI is InChI=1S/C14H19N2O2P.C14H18N2O.C13H19N5O4S.2C12H22N4O.C12H14N2O/c1-14(2,3)13-15-12(16-18-13)10-7-6-8-11(9-10)19(4,5)17;1-14(2,3)13-16-15-12(17-13)10-9-11-7-5-4-6-8-11;1-13(2,3)11-15-12(16-22-11)17-8-10(14-9-17)23(19,20)18-4-6-21-7-5-18;1-9(16-7-5-13-6-8-16)10-14-11(15-17-10)12(2,3)4;1-12(2,3)11-15-14-10(17-11)8-16-6-4-9(13)5-7-16;1-12(2,3)11-13-10(15-14-11)9-7-5-4-6-8-9/h6-9H,1-5H3;4-8H,9-10H2,1-3H3;8-9H,4-7H2,1-3H3;9,13H,5-8H2,1-4H3;9H,4-8,13H2,1-3H3;4-8H,1-3H3. The Morgan fingerprint density at radius 3 is 1.64 bits per heavy atom. The molecule has 588 valence electrons. The number of ether oxygens (including phenoxy) is 1. The van der Waals surface area contributed by atoms with Gasteiger partial charge in [0.2, 0.25) is 47.1 Å². The molecule has 3 fully saturated rings. The van der Waals surface area contributed by atoms with E-state index < -0.39 is 17.2 Å². The van der Waals surface area contributed by atoms with Crippen molar-refractivity contribution in [2.75, 3.05) is 78.9 Å². The SMILES string of the molecule is CC(C)(C)c1nc(-c2cccc(P(C)(C)=O)c2)no1.CC(C)(C)c1nc(-n2cnc(S(=O)(=O)N3CCOCC3)c2)no1.CC(C)(C)c1nnc(CCc2ccccc2)o1.CC(C)(C)c1nnc(CN2CCC(N)CC2)o1.CC(C)(C)c1noc(-c2ccccc2)n1.CC(c1nc(C(C)(C)C)no1)N1CCNCC1. The van der Waals surface area contributed by atoms with Gasteiger partial charge in [0.1, 0.15) is 13.5 Å². The highest BCUT2D eigenvalue weighted by molar-refractivity contribution is 7.89. The van der Waals surface area contributed by atoms with E-state index in [1.807, 2.05) is 114 Å². The molecule has 13 rings (SSSR count). The molecule has 0 radical (unpaired) electrons. The predicted molar refractivity (Wildman–Crippen MR) is 414 cm³/mol. The highest BCUT2D eigenvalue weighted by Gasteiger charge is 2.32. The molecule has 1 unspecified atom stereocenters. The van der Waals surface area contributed by atoms with Crippen LogP contribution in [0.3, 0.4) is 0 Å². The van der Waals surface area contributed by atoms with Gasteiger partial charge < -0.3 is 47.3 Å². The Balaban J connectivity index is 0.000000164. The molecule has 0 saturated carbocycles. The van der Waals surface area contributed by atoms with Gasteiger partial charge >= 0.3 is 0 Å². The molecule has 108 heavy (non-hydrogen) atoms. The van der Waals surface area contributed by atoms with E-state index in [1.54, 1.807) is 13.3 Å². The smallest absolute Gasteiger partial charge is 0.275 e. The molecule has 3 saturated heterocycles. The van der Waals surface area contributed by atoms with Crippen molar-refractivity contribution in [2.45, 2.75) is 213 Å². The molecule has 1 atom stereocenters. The molecular weight excluding hydrogens is 1410 g/mol. The summed E-state index contributed by atoms with van der Waals surface area (Å²) >= 11 is 0. The Morgan fingerprint density at radius 2 is 1.10 bits per heavy atom. The number of aromatic nitrogens is 14. The fourth-order valence-electron chi connectivity index (χ4n) is 10.4. The summed E-state index contributed by atoms with van der Waals surface area (Å²) < 4.78 is 77.5. The van der Waals surface area contributed by atoms with Gasteiger partial charge in [-0.05, 0) is 68.4 Å². The summed E-state index contributed by atoms with van der Waals surface area (Å²) in [5, 5.41) is 36.4. The van der Waals surface area contributed by atoms with Gasteiger partial charge in [0.05, 0.1) is 32.0 Å². The maximum Gasteiger partial charge on any atom is 0.275 e. The van der Waals surface area contributed by atoms with Crippen molar-refractivity contribution in [3.05, 3.63) is 156 Å². The number of imidazole rings is 1. The average molecular weight is 1530 g/mol. The van der Waals surface area contributed by atoms with Gasteiger partial charge in [0.15, 0.2) is 16.7 Å². The number of benzene rings is 3. The second-order valence-electron chi connectivity index (χ2n) is 33.7. The van der Waals surface area contributed by atoms with Crippen LogP contribution in [0.5, 0.6) is 0 Å². The fourth-order valence-corrected chi connectivity index (χ4v) is 12.6. The number of rotatable bonds is 13. The zero-order chi connectivity index (χ0) is 79.0. The summed E-state index contributed by atoms with van der Waals surface area (Å²) in [6.07, 6.45) is 6.60. The van der Waals surface area contributed by atoms with E-state index in [-0.39, 0.29) is 49.5 Å². The highest BCUT2D eigenvalue weighted by Crippen LogP contribution is 2.36. The molecule has 0 aliphatic carbocycles. The van der Waals surface area contributed by atoms with E-state index in [1.165, 1.54) is 27.0 Å². The van der Waals surface area contributed by atoms with Crippen molar-refractivity contribution in [1.29, 1.82) is 0 Å². The van der Waals surface area contributed by atoms with Gasteiger partial charge in [-0.25, -0.2) is 13.4 Å². The fraction of sp³-hybridized carbons (Fsp3) is 0.571. The lowest BCUT2D eigenvalue weighted by Crippen LogP contribution is -2.44. The third-order valence-electron chi connectivity index (χ3n) is 17.2.